The maximum absolute atomic E-state index is 11.0. The summed E-state index contributed by atoms with van der Waals surface area (Å²) >= 11 is 0. The summed E-state index contributed by atoms with van der Waals surface area (Å²) in [4.78, 5) is 11.0. The number of unbranched alkanes of at least 4 members (excludes halogenated alkanes) is 6. The average Bonchev–Trinajstić information content (AvgIpc) is 2.82. The van der Waals surface area contributed by atoms with Crippen molar-refractivity contribution >= 4 is 5.97 Å². The number of esters is 1. The van der Waals surface area contributed by atoms with Crippen LogP contribution in [0.25, 0.3) is 0 Å². The van der Waals surface area contributed by atoms with E-state index in [2.05, 4.69) is 25.5 Å². The highest BCUT2D eigenvalue weighted by Gasteiger charge is 2.12. The van der Waals surface area contributed by atoms with Gasteiger partial charge in [-0.1, -0.05) is 39.0 Å². The van der Waals surface area contributed by atoms with Crippen LogP contribution in [0.15, 0.2) is 4.42 Å². The van der Waals surface area contributed by atoms with Gasteiger partial charge in [-0.25, -0.2) is 0 Å². The van der Waals surface area contributed by atoms with Gasteiger partial charge >= 0.3 is 5.97 Å². The van der Waals surface area contributed by atoms with E-state index in [9.17, 15) is 4.79 Å². The molecule has 0 saturated heterocycles. The van der Waals surface area contributed by atoms with E-state index in [1.165, 1.54) is 68.3 Å². The molecule has 1 rings (SSSR count). The van der Waals surface area contributed by atoms with Crippen molar-refractivity contribution in [3.8, 4) is 0 Å². The quantitative estimate of drug-likeness (QED) is 0.367. The molecule has 23 heavy (non-hydrogen) atoms. The second kappa shape index (κ2) is 11.3. The van der Waals surface area contributed by atoms with E-state index < -0.39 is 0 Å². The lowest BCUT2D eigenvalue weighted by Gasteiger charge is -2.02. The minimum absolute atomic E-state index is 0.0951. The number of hydrogen-bond acceptors (Lipinski definition) is 3. The Morgan fingerprint density at radius 3 is 1.96 bits per heavy atom. The Labute approximate surface area is 141 Å². The van der Waals surface area contributed by atoms with Crippen LogP contribution >= 0.6 is 0 Å². The summed E-state index contributed by atoms with van der Waals surface area (Å²) in [5, 5.41) is 0. The Bertz CT molecular complexity index is 460. The second-order valence-electron chi connectivity index (χ2n) is 6.50. The topological polar surface area (TPSA) is 39.4 Å². The molecule has 0 aliphatic heterocycles. The SMILES string of the molecule is CCCCCc1oc(CCCCCCCC(=O)OC)c(C)c1C. The van der Waals surface area contributed by atoms with Crippen LogP contribution in [-0.4, -0.2) is 13.1 Å². The van der Waals surface area contributed by atoms with Gasteiger partial charge in [0.15, 0.2) is 0 Å². The number of aryl methyl sites for hydroxylation is 2. The summed E-state index contributed by atoms with van der Waals surface area (Å²) in [6.07, 6.45) is 12.0. The molecule has 1 aromatic heterocycles. The molecule has 132 valence electrons. The van der Waals surface area contributed by atoms with Crippen LogP contribution in [0, 0.1) is 13.8 Å². The predicted octanol–water partition coefficient (Wildman–Crippen LogP) is 5.69. The van der Waals surface area contributed by atoms with Crippen LogP contribution in [0.4, 0.5) is 0 Å². The minimum atomic E-state index is -0.0951. The number of methoxy groups -OCH3 is 1. The number of carbonyl (C=O) groups is 1. The molecule has 0 saturated carbocycles. The smallest absolute Gasteiger partial charge is 0.305 e. The molecule has 0 unspecified atom stereocenters. The first-order chi connectivity index (χ1) is 11.1. The van der Waals surface area contributed by atoms with Gasteiger partial charge in [-0.2, -0.15) is 0 Å². The van der Waals surface area contributed by atoms with E-state index in [-0.39, 0.29) is 5.97 Å². The normalized spacial score (nSPS) is 11.0. The van der Waals surface area contributed by atoms with Crippen molar-refractivity contribution in [2.24, 2.45) is 0 Å². The zero-order valence-electron chi connectivity index (χ0n) is 15.5. The molecule has 3 heteroatoms. The number of carbonyl (C=O) groups excluding carboxylic acids is 1. The van der Waals surface area contributed by atoms with Gasteiger partial charge in [-0.15, -0.1) is 0 Å². The van der Waals surface area contributed by atoms with Crippen LogP contribution in [0.3, 0.4) is 0 Å². The first kappa shape index (κ1) is 19.8. The zero-order valence-corrected chi connectivity index (χ0v) is 15.5. The molecular formula is C20H34O3. The van der Waals surface area contributed by atoms with E-state index in [1.807, 2.05) is 0 Å². The van der Waals surface area contributed by atoms with Gasteiger partial charge in [0, 0.05) is 19.3 Å². The molecule has 0 aliphatic carbocycles. The minimum Gasteiger partial charge on any atom is -0.469 e. The zero-order chi connectivity index (χ0) is 17.1. The van der Waals surface area contributed by atoms with Crippen LogP contribution < -0.4 is 0 Å². The molecule has 0 bridgehead atoms. The maximum Gasteiger partial charge on any atom is 0.305 e. The van der Waals surface area contributed by atoms with Crippen LogP contribution in [0.5, 0.6) is 0 Å². The van der Waals surface area contributed by atoms with Crippen molar-refractivity contribution < 1.29 is 13.9 Å². The standard InChI is InChI=1S/C20H34O3/c1-5-6-10-13-18-16(2)17(3)19(23-18)14-11-8-7-9-12-15-20(21)22-4/h5-15H2,1-4H3. The van der Waals surface area contributed by atoms with Crippen LogP contribution in [0.1, 0.15) is 87.4 Å². The summed E-state index contributed by atoms with van der Waals surface area (Å²) in [5.74, 6) is 2.29. The lowest BCUT2D eigenvalue weighted by molar-refractivity contribution is -0.140. The summed E-state index contributed by atoms with van der Waals surface area (Å²) in [7, 11) is 1.45. The predicted molar refractivity (Wildman–Crippen MR) is 94.8 cm³/mol. The number of furan rings is 1. The van der Waals surface area contributed by atoms with Gasteiger partial charge in [-0.05, 0) is 44.2 Å². The van der Waals surface area contributed by atoms with Crippen molar-refractivity contribution in [2.75, 3.05) is 7.11 Å². The molecule has 0 spiro atoms. The fraction of sp³-hybridized carbons (Fsp3) is 0.750. The molecule has 0 N–H and O–H groups in total. The third kappa shape index (κ3) is 7.24. The Balaban J connectivity index is 2.24. The van der Waals surface area contributed by atoms with E-state index >= 15 is 0 Å². The lowest BCUT2D eigenvalue weighted by atomic mass is 10.0. The highest BCUT2D eigenvalue weighted by Crippen LogP contribution is 2.24. The summed E-state index contributed by atoms with van der Waals surface area (Å²) in [6.45, 7) is 6.61. The van der Waals surface area contributed by atoms with E-state index in [0.717, 1.165) is 25.7 Å². The molecule has 1 aromatic rings. The van der Waals surface area contributed by atoms with Crippen LogP contribution in [-0.2, 0) is 22.4 Å². The summed E-state index contributed by atoms with van der Waals surface area (Å²) < 4.78 is 10.8. The maximum atomic E-state index is 11.0. The van der Waals surface area contributed by atoms with Crippen LogP contribution in [0.2, 0.25) is 0 Å². The fourth-order valence-corrected chi connectivity index (χ4v) is 2.92. The van der Waals surface area contributed by atoms with E-state index in [4.69, 9.17) is 4.42 Å². The number of rotatable bonds is 12. The van der Waals surface area contributed by atoms with Gasteiger partial charge < -0.3 is 9.15 Å². The van der Waals surface area contributed by atoms with E-state index in [0.29, 0.717) is 6.42 Å². The first-order valence-corrected chi connectivity index (χ1v) is 9.24. The molecule has 1 heterocycles. The number of hydrogen-bond donors (Lipinski definition) is 0. The van der Waals surface area contributed by atoms with Gasteiger partial charge in [0.2, 0.25) is 0 Å². The van der Waals surface area contributed by atoms with Crippen molar-refractivity contribution in [3.05, 3.63) is 22.6 Å². The van der Waals surface area contributed by atoms with Crippen molar-refractivity contribution in [2.45, 2.75) is 91.4 Å². The monoisotopic (exact) mass is 322 g/mol. The molecule has 0 radical (unpaired) electrons. The lowest BCUT2D eigenvalue weighted by Crippen LogP contribution is -1.99. The van der Waals surface area contributed by atoms with Gasteiger partial charge in [0.05, 0.1) is 7.11 Å². The van der Waals surface area contributed by atoms with Crippen molar-refractivity contribution in [1.29, 1.82) is 0 Å². The largest absolute Gasteiger partial charge is 0.469 e. The molecule has 0 aromatic carbocycles. The number of ether oxygens (including phenoxy) is 1. The average molecular weight is 322 g/mol. The third-order valence-electron chi connectivity index (χ3n) is 4.67. The highest BCUT2D eigenvalue weighted by molar-refractivity contribution is 5.68. The summed E-state index contributed by atoms with van der Waals surface area (Å²) in [5.41, 5.74) is 2.70. The molecule has 0 atom stereocenters. The molecule has 0 amide bonds. The third-order valence-corrected chi connectivity index (χ3v) is 4.67. The molecule has 0 fully saturated rings. The molecular weight excluding hydrogens is 288 g/mol. The second-order valence-corrected chi connectivity index (χ2v) is 6.50. The molecule has 0 aliphatic rings. The molecule has 3 nitrogen and oxygen atoms in total. The Hall–Kier alpha value is -1.25. The Morgan fingerprint density at radius 2 is 1.39 bits per heavy atom. The van der Waals surface area contributed by atoms with Gasteiger partial charge in [0.25, 0.3) is 0 Å². The summed E-state index contributed by atoms with van der Waals surface area (Å²) in [6, 6.07) is 0. The fourth-order valence-electron chi connectivity index (χ4n) is 2.92. The van der Waals surface area contributed by atoms with E-state index in [1.54, 1.807) is 0 Å². The first-order valence-electron chi connectivity index (χ1n) is 9.24. The van der Waals surface area contributed by atoms with Crippen molar-refractivity contribution in [1.82, 2.24) is 0 Å². The highest BCUT2D eigenvalue weighted by atomic mass is 16.5. The Morgan fingerprint density at radius 1 is 0.870 bits per heavy atom. The Kier molecular flexibility index (Phi) is 9.74. The van der Waals surface area contributed by atoms with Gasteiger partial charge in [0.1, 0.15) is 11.5 Å². The van der Waals surface area contributed by atoms with Crippen molar-refractivity contribution in [3.63, 3.8) is 0 Å². The van der Waals surface area contributed by atoms with Gasteiger partial charge in [-0.3, -0.25) is 4.79 Å².